The molecule has 0 radical (unpaired) electrons. The van der Waals surface area contributed by atoms with Gasteiger partial charge in [-0.3, -0.25) is 14.6 Å². The number of nitrogens with zero attached hydrogens (tertiary/aromatic N) is 3. The Balaban J connectivity index is 1.62. The van der Waals surface area contributed by atoms with Crippen LogP contribution in [0, 0.1) is 0 Å². The smallest absolute Gasteiger partial charge is 0.295 e. The number of ether oxygens (including phenoxy) is 1. The van der Waals surface area contributed by atoms with Crippen molar-refractivity contribution < 1.29 is 19.4 Å². The Labute approximate surface area is 204 Å². The number of likely N-dealkylation sites (tertiary alicyclic amines) is 1. The zero-order valence-electron chi connectivity index (χ0n) is 19.9. The van der Waals surface area contributed by atoms with Crippen LogP contribution < -0.4 is 9.64 Å². The van der Waals surface area contributed by atoms with E-state index in [-0.39, 0.29) is 24.0 Å². The molecule has 1 saturated heterocycles. The van der Waals surface area contributed by atoms with Crippen molar-refractivity contribution in [1.29, 1.82) is 0 Å². The molecule has 2 aliphatic heterocycles. The molecule has 1 N–H and O–H groups in total. The molecule has 2 atom stereocenters. The van der Waals surface area contributed by atoms with Crippen LogP contribution in [0.15, 0.2) is 72.6 Å². The lowest BCUT2D eigenvalue weighted by atomic mass is 9.94. The molecule has 7 heteroatoms. The van der Waals surface area contributed by atoms with Gasteiger partial charge in [0.25, 0.3) is 11.7 Å². The third kappa shape index (κ3) is 4.14. The third-order valence-electron chi connectivity index (χ3n) is 6.51. The van der Waals surface area contributed by atoms with E-state index in [1.165, 1.54) is 4.90 Å². The summed E-state index contributed by atoms with van der Waals surface area (Å²) >= 11 is 0. The van der Waals surface area contributed by atoms with Crippen LogP contribution in [-0.2, 0) is 22.6 Å². The normalized spacial score (nSPS) is 20.6. The van der Waals surface area contributed by atoms with Gasteiger partial charge in [0, 0.05) is 50.7 Å². The highest BCUT2D eigenvalue weighted by Gasteiger charge is 2.46. The zero-order valence-corrected chi connectivity index (χ0v) is 19.9. The van der Waals surface area contributed by atoms with Crippen LogP contribution in [0.3, 0.4) is 0 Å². The Morgan fingerprint density at radius 2 is 1.91 bits per heavy atom. The van der Waals surface area contributed by atoms with E-state index in [0.717, 1.165) is 34.5 Å². The van der Waals surface area contributed by atoms with Gasteiger partial charge < -0.3 is 19.6 Å². The molecule has 3 heterocycles. The maximum absolute atomic E-state index is 13.3. The minimum Gasteiger partial charge on any atom is -0.507 e. The van der Waals surface area contributed by atoms with Crippen molar-refractivity contribution >= 4 is 23.1 Å². The maximum atomic E-state index is 13.3. The fourth-order valence-corrected chi connectivity index (χ4v) is 4.76. The van der Waals surface area contributed by atoms with Gasteiger partial charge in [0.05, 0.1) is 11.6 Å². The highest BCUT2D eigenvalue weighted by molar-refractivity contribution is 6.46. The van der Waals surface area contributed by atoms with Gasteiger partial charge in [-0.25, -0.2) is 0 Å². The summed E-state index contributed by atoms with van der Waals surface area (Å²) in [5.41, 5.74) is 4.09. The van der Waals surface area contributed by atoms with E-state index in [9.17, 15) is 14.7 Å². The molecule has 1 fully saturated rings. The molecule has 35 heavy (non-hydrogen) atoms. The molecule has 178 valence electrons. The minimum absolute atomic E-state index is 0.0580. The SMILES string of the molecule is C[C@@H]1Cc2cc(/C(O)=C3\C(=O)C(=O)N(Cc4cccnc4)[C@@H]3c3ccc(N(C)C)cc3)ccc2O1. The van der Waals surface area contributed by atoms with Crippen molar-refractivity contribution in [3.8, 4) is 5.75 Å². The van der Waals surface area contributed by atoms with Crippen LogP contribution in [0.25, 0.3) is 5.76 Å². The van der Waals surface area contributed by atoms with E-state index in [2.05, 4.69) is 4.98 Å². The summed E-state index contributed by atoms with van der Waals surface area (Å²) in [5, 5.41) is 11.4. The second-order valence-electron chi connectivity index (χ2n) is 9.23. The van der Waals surface area contributed by atoms with E-state index < -0.39 is 17.7 Å². The second kappa shape index (κ2) is 8.91. The zero-order chi connectivity index (χ0) is 24.7. The Morgan fingerprint density at radius 1 is 1.14 bits per heavy atom. The third-order valence-corrected chi connectivity index (χ3v) is 6.51. The van der Waals surface area contributed by atoms with Crippen molar-refractivity contribution in [1.82, 2.24) is 9.88 Å². The lowest BCUT2D eigenvalue weighted by Gasteiger charge is -2.26. The standard InChI is InChI=1S/C28H27N3O4/c1-17-13-21-14-20(8-11-23(21)35-17)26(32)24-25(19-6-9-22(10-7-19)30(2)3)31(28(34)27(24)33)16-18-5-4-12-29-15-18/h4-12,14-15,17,25,32H,13,16H2,1-3H3/b26-24+/t17-,25-/m1/s1. The van der Waals surface area contributed by atoms with E-state index in [4.69, 9.17) is 4.74 Å². The number of hydrogen-bond donors (Lipinski definition) is 1. The Hall–Kier alpha value is -4.13. The number of ketones is 1. The number of hydrogen-bond acceptors (Lipinski definition) is 6. The van der Waals surface area contributed by atoms with Crippen LogP contribution in [0.1, 0.15) is 35.2 Å². The number of carbonyl (C=O) groups excluding carboxylic acids is 2. The van der Waals surface area contributed by atoms with Crippen molar-refractivity contribution in [2.45, 2.75) is 32.0 Å². The van der Waals surface area contributed by atoms with E-state index in [1.807, 2.05) is 62.3 Å². The molecule has 2 aliphatic rings. The topological polar surface area (TPSA) is 83.0 Å². The van der Waals surface area contributed by atoms with Gasteiger partial charge in [0.1, 0.15) is 17.6 Å². The quantitative estimate of drug-likeness (QED) is 0.344. The molecule has 0 aliphatic carbocycles. The lowest BCUT2D eigenvalue weighted by molar-refractivity contribution is -0.140. The van der Waals surface area contributed by atoms with Gasteiger partial charge in [-0.15, -0.1) is 0 Å². The first-order valence-corrected chi connectivity index (χ1v) is 11.6. The lowest BCUT2D eigenvalue weighted by Crippen LogP contribution is -2.29. The number of Topliss-reactive ketones (excluding diaryl/α,β-unsaturated/α-hetero) is 1. The van der Waals surface area contributed by atoms with Gasteiger partial charge in [-0.05, 0) is 60.0 Å². The summed E-state index contributed by atoms with van der Waals surface area (Å²) in [6, 6.07) is 16.0. The molecule has 1 amide bonds. The van der Waals surface area contributed by atoms with Crippen LogP contribution in [-0.4, -0.2) is 46.9 Å². The number of amides is 1. The number of carbonyl (C=O) groups is 2. The average Bonchev–Trinajstić information content (AvgIpc) is 3.35. The predicted molar refractivity (Wildman–Crippen MR) is 133 cm³/mol. The Bertz CT molecular complexity index is 1320. The first kappa shape index (κ1) is 22.7. The molecule has 7 nitrogen and oxygen atoms in total. The van der Waals surface area contributed by atoms with Crippen molar-refractivity contribution in [3.63, 3.8) is 0 Å². The van der Waals surface area contributed by atoms with Crippen LogP contribution in [0.5, 0.6) is 5.75 Å². The van der Waals surface area contributed by atoms with Gasteiger partial charge in [-0.2, -0.15) is 0 Å². The Morgan fingerprint density at radius 3 is 2.60 bits per heavy atom. The molecule has 0 spiro atoms. The van der Waals surface area contributed by atoms with Gasteiger partial charge in [0.15, 0.2) is 0 Å². The Kier molecular flexibility index (Phi) is 5.76. The summed E-state index contributed by atoms with van der Waals surface area (Å²) < 4.78 is 5.77. The maximum Gasteiger partial charge on any atom is 0.295 e. The van der Waals surface area contributed by atoms with E-state index in [0.29, 0.717) is 5.56 Å². The van der Waals surface area contributed by atoms with Crippen LogP contribution >= 0.6 is 0 Å². The van der Waals surface area contributed by atoms with Gasteiger partial charge in [0.2, 0.25) is 0 Å². The van der Waals surface area contributed by atoms with E-state index in [1.54, 1.807) is 30.6 Å². The number of fused-ring (bicyclic) bond motifs is 1. The number of aliphatic hydroxyl groups excluding tert-OH is 1. The first-order valence-electron chi connectivity index (χ1n) is 11.6. The predicted octanol–water partition coefficient (Wildman–Crippen LogP) is 4.09. The molecular weight excluding hydrogens is 442 g/mol. The number of rotatable bonds is 5. The average molecular weight is 470 g/mol. The molecule has 2 aromatic carbocycles. The fraction of sp³-hybridized carbons (Fsp3) is 0.250. The number of pyridine rings is 1. The minimum atomic E-state index is -0.727. The van der Waals surface area contributed by atoms with E-state index >= 15 is 0 Å². The summed E-state index contributed by atoms with van der Waals surface area (Å²) in [7, 11) is 3.89. The number of anilines is 1. The monoisotopic (exact) mass is 469 g/mol. The summed E-state index contributed by atoms with van der Waals surface area (Å²) in [6.07, 6.45) is 4.12. The summed E-state index contributed by atoms with van der Waals surface area (Å²) in [5.74, 6) is -0.739. The number of aliphatic hydroxyl groups is 1. The number of benzene rings is 2. The van der Waals surface area contributed by atoms with Crippen molar-refractivity contribution in [2.75, 3.05) is 19.0 Å². The molecule has 1 aromatic heterocycles. The summed E-state index contributed by atoms with van der Waals surface area (Å²) in [6.45, 7) is 2.19. The first-order chi connectivity index (χ1) is 16.8. The molecule has 3 aromatic rings. The molecule has 0 unspecified atom stereocenters. The largest absolute Gasteiger partial charge is 0.507 e. The van der Waals surface area contributed by atoms with Crippen LogP contribution in [0.2, 0.25) is 0 Å². The fourth-order valence-electron chi connectivity index (χ4n) is 4.76. The second-order valence-corrected chi connectivity index (χ2v) is 9.23. The molecular formula is C28H27N3O4. The van der Waals surface area contributed by atoms with Crippen molar-refractivity contribution in [3.05, 3.63) is 94.8 Å². The number of aromatic nitrogens is 1. The highest BCUT2D eigenvalue weighted by atomic mass is 16.5. The highest BCUT2D eigenvalue weighted by Crippen LogP contribution is 2.41. The van der Waals surface area contributed by atoms with Gasteiger partial charge in [-0.1, -0.05) is 18.2 Å². The van der Waals surface area contributed by atoms with Gasteiger partial charge >= 0.3 is 0 Å². The van der Waals surface area contributed by atoms with Crippen LogP contribution in [0.4, 0.5) is 5.69 Å². The molecule has 5 rings (SSSR count). The van der Waals surface area contributed by atoms with Crippen molar-refractivity contribution in [2.24, 2.45) is 0 Å². The molecule has 0 bridgehead atoms. The molecule has 0 saturated carbocycles. The summed E-state index contributed by atoms with van der Waals surface area (Å²) in [4.78, 5) is 34.2.